The van der Waals surface area contributed by atoms with Gasteiger partial charge in [0, 0.05) is 67.0 Å². The lowest BCUT2D eigenvalue weighted by molar-refractivity contribution is -0.180. The Morgan fingerprint density at radius 2 is 1.94 bits per heavy atom. The van der Waals surface area contributed by atoms with Gasteiger partial charge < -0.3 is 24.3 Å². The molecule has 1 aromatic carbocycles. The molecule has 1 unspecified atom stereocenters. The average Bonchev–Trinajstić information content (AvgIpc) is 2.89. The van der Waals surface area contributed by atoms with Crippen LogP contribution in [-0.4, -0.2) is 60.0 Å². The van der Waals surface area contributed by atoms with E-state index in [2.05, 4.69) is 33.9 Å². The Morgan fingerprint density at radius 1 is 1.17 bits per heavy atom. The van der Waals surface area contributed by atoms with Crippen molar-refractivity contribution in [1.29, 1.82) is 0 Å². The van der Waals surface area contributed by atoms with Crippen molar-refractivity contribution in [2.24, 2.45) is 10.6 Å². The number of halogens is 1. The number of aliphatic hydroxyl groups excluding tert-OH is 1. The zero-order valence-corrected chi connectivity index (χ0v) is 20.6. The summed E-state index contributed by atoms with van der Waals surface area (Å²) < 4.78 is 26.0. The normalized spacial score (nSPS) is 19.0. The molecule has 1 atom stereocenters. The zero-order valence-electron chi connectivity index (χ0n) is 20.6. The van der Waals surface area contributed by atoms with E-state index in [1.807, 2.05) is 0 Å². The summed E-state index contributed by atoms with van der Waals surface area (Å²) in [7, 11) is 0. The van der Waals surface area contributed by atoms with Crippen molar-refractivity contribution in [2.45, 2.75) is 58.8 Å². The van der Waals surface area contributed by atoms with E-state index in [0.29, 0.717) is 30.3 Å². The van der Waals surface area contributed by atoms with Gasteiger partial charge in [-0.2, -0.15) is 0 Å². The molecule has 0 amide bonds. The van der Waals surface area contributed by atoms with Gasteiger partial charge in [0.25, 0.3) is 0 Å². The summed E-state index contributed by atoms with van der Waals surface area (Å²) in [5.74, 6) is 0.165. The topological polar surface area (TPSA) is 89.3 Å². The second kappa shape index (κ2) is 11.9. The number of oxime groups is 1. The minimum absolute atomic E-state index is 0.0975. The smallest absolute Gasteiger partial charge is 0.225 e. The van der Waals surface area contributed by atoms with E-state index in [1.165, 1.54) is 0 Å². The van der Waals surface area contributed by atoms with Crippen LogP contribution in [0.1, 0.15) is 51.5 Å². The first-order valence-corrected chi connectivity index (χ1v) is 12.3. The molecule has 2 aromatic rings. The first-order valence-electron chi connectivity index (χ1n) is 12.3. The number of nitrogens with zero attached hydrogens (tertiary/aromatic N) is 4. The van der Waals surface area contributed by atoms with Gasteiger partial charge in [-0.1, -0.05) is 37.2 Å². The fraction of sp³-hybridized carbons (Fsp3) is 0.577. The van der Waals surface area contributed by atoms with Crippen molar-refractivity contribution in [1.82, 2.24) is 9.97 Å². The minimum Gasteiger partial charge on any atom is -0.395 e. The summed E-state index contributed by atoms with van der Waals surface area (Å²) in [4.78, 5) is 16.7. The monoisotopic (exact) mass is 486 g/mol. The Labute approximate surface area is 206 Å². The van der Waals surface area contributed by atoms with Gasteiger partial charge in [-0.25, -0.2) is 14.4 Å². The largest absolute Gasteiger partial charge is 0.395 e. The highest BCUT2D eigenvalue weighted by molar-refractivity contribution is 5.86. The maximum absolute atomic E-state index is 14.5. The van der Waals surface area contributed by atoms with Gasteiger partial charge in [-0.05, 0) is 19.3 Å². The van der Waals surface area contributed by atoms with Crippen LogP contribution in [0.3, 0.4) is 0 Å². The van der Waals surface area contributed by atoms with Crippen molar-refractivity contribution >= 4 is 11.7 Å². The van der Waals surface area contributed by atoms with Crippen LogP contribution in [0.5, 0.6) is 0 Å². The van der Waals surface area contributed by atoms with E-state index < -0.39 is 5.82 Å². The molecule has 1 aromatic heterocycles. The Balaban J connectivity index is 1.24. The molecule has 0 bridgehead atoms. The van der Waals surface area contributed by atoms with Crippen LogP contribution in [0.15, 0.2) is 35.7 Å². The summed E-state index contributed by atoms with van der Waals surface area (Å²) in [5, 5.41) is 13.7. The second-order valence-electron chi connectivity index (χ2n) is 9.90. The summed E-state index contributed by atoms with van der Waals surface area (Å²) in [6, 6.07) is 4.93. The van der Waals surface area contributed by atoms with Gasteiger partial charge >= 0.3 is 0 Å². The Bertz CT molecular complexity index is 983. The summed E-state index contributed by atoms with van der Waals surface area (Å²) >= 11 is 0. The number of rotatable bonds is 9. The van der Waals surface area contributed by atoms with E-state index in [9.17, 15) is 9.50 Å². The molecule has 190 valence electrons. The number of hydrogen-bond donors (Lipinski definition) is 1. The minimum atomic E-state index is -0.442. The molecule has 2 aliphatic rings. The molecule has 0 saturated carbocycles. The van der Waals surface area contributed by atoms with Crippen LogP contribution in [0.2, 0.25) is 0 Å². The van der Waals surface area contributed by atoms with Gasteiger partial charge in [-0.3, -0.25) is 0 Å². The van der Waals surface area contributed by atoms with Crippen molar-refractivity contribution in [3.63, 3.8) is 0 Å². The fourth-order valence-corrected chi connectivity index (χ4v) is 4.11. The third-order valence-electron chi connectivity index (χ3n) is 6.27. The molecule has 4 rings (SSSR count). The molecule has 8 nitrogen and oxygen atoms in total. The fourth-order valence-electron chi connectivity index (χ4n) is 4.11. The van der Waals surface area contributed by atoms with Gasteiger partial charge in [0.1, 0.15) is 12.4 Å². The average molecular weight is 487 g/mol. The van der Waals surface area contributed by atoms with Crippen molar-refractivity contribution in [3.8, 4) is 11.1 Å². The van der Waals surface area contributed by atoms with E-state index in [4.69, 9.17) is 14.3 Å². The van der Waals surface area contributed by atoms with Gasteiger partial charge in [0.2, 0.25) is 5.95 Å². The van der Waals surface area contributed by atoms with Crippen molar-refractivity contribution < 1.29 is 23.8 Å². The molecular weight excluding hydrogens is 451 g/mol. The standard InChI is InChI=1S/C26H35FN4O4/c1-26(2,17-34-23-8-3-4-13-33-23)18-35-30-21-9-11-31(12-10-21)25-28-14-20(15-29-25)22-7-5-6-19(16-32)24(22)27/h5-7,14-15,23,32H,3-4,8-13,16-18H2,1-2H3. The Kier molecular flexibility index (Phi) is 8.64. The number of benzene rings is 1. The lowest BCUT2D eigenvalue weighted by atomic mass is 9.96. The summed E-state index contributed by atoms with van der Waals surface area (Å²) in [6.07, 6.45) is 7.90. The van der Waals surface area contributed by atoms with Gasteiger partial charge in [-0.15, -0.1) is 0 Å². The molecule has 3 heterocycles. The van der Waals surface area contributed by atoms with E-state index in [1.54, 1.807) is 30.6 Å². The molecule has 2 fully saturated rings. The molecule has 0 spiro atoms. The predicted molar refractivity (Wildman–Crippen MR) is 132 cm³/mol. The highest BCUT2D eigenvalue weighted by Gasteiger charge is 2.24. The number of aromatic nitrogens is 2. The van der Waals surface area contributed by atoms with E-state index in [-0.39, 0.29) is 23.9 Å². The van der Waals surface area contributed by atoms with Crippen molar-refractivity contribution in [3.05, 3.63) is 42.0 Å². The number of hydrogen-bond acceptors (Lipinski definition) is 8. The maximum Gasteiger partial charge on any atom is 0.225 e. The SMILES string of the molecule is CC(C)(CON=C1CCN(c2ncc(-c3cccc(CO)c3F)cn2)CC1)COC1CCCCO1. The number of ether oxygens (including phenoxy) is 2. The molecule has 0 aliphatic carbocycles. The quantitative estimate of drug-likeness (QED) is 0.528. The van der Waals surface area contributed by atoms with Crippen LogP contribution in [0.4, 0.5) is 10.3 Å². The zero-order chi connectivity index (χ0) is 24.7. The van der Waals surface area contributed by atoms with Crippen LogP contribution in [0.25, 0.3) is 11.1 Å². The lowest BCUT2D eigenvalue weighted by Gasteiger charge is -2.29. The third kappa shape index (κ3) is 6.96. The number of piperidine rings is 1. The predicted octanol–water partition coefficient (Wildman–Crippen LogP) is 4.32. The van der Waals surface area contributed by atoms with Crippen LogP contribution >= 0.6 is 0 Å². The third-order valence-corrected chi connectivity index (χ3v) is 6.27. The maximum atomic E-state index is 14.5. The van der Waals surface area contributed by atoms with Gasteiger partial charge in [0.15, 0.2) is 6.29 Å². The molecule has 1 N–H and O–H groups in total. The van der Waals surface area contributed by atoms with Crippen LogP contribution in [0, 0.1) is 11.2 Å². The van der Waals surface area contributed by atoms with Crippen LogP contribution in [-0.2, 0) is 20.9 Å². The molecule has 0 radical (unpaired) electrons. The molecule has 35 heavy (non-hydrogen) atoms. The Hall–Kier alpha value is -2.62. The molecule has 2 aliphatic heterocycles. The summed E-state index contributed by atoms with van der Waals surface area (Å²) in [5.41, 5.74) is 2.08. The highest BCUT2D eigenvalue weighted by atomic mass is 19.1. The van der Waals surface area contributed by atoms with Crippen molar-refractivity contribution in [2.75, 3.05) is 37.8 Å². The summed E-state index contributed by atoms with van der Waals surface area (Å²) in [6.45, 7) is 7.16. The van der Waals surface area contributed by atoms with Crippen LogP contribution < -0.4 is 4.90 Å². The Morgan fingerprint density at radius 3 is 2.63 bits per heavy atom. The first kappa shape index (κ1) is 25.5. The lowest BCUT2D eigenvalue weighted by Crippen LogP contribution is -2.35. The first-order chi connectivity index (χ1) is 16.9. The molecule has 2 saturated heterocycles. The van der Waals surface area contributed by atoms with Gasteiger partial charge in [0.05, 0.1) is 18.9 Å². The number of aliphatic hydroxyl groups is 1. The van der Waals surface area contributed by atoms with E-state index >= 15 is 0 Å². The molecular formula is C26H35FN4O4. The number of anilines is 1. The second-order valence-corrected chi connectivity index (χ2v) is 9.90. The highest BCUT2D eigenvalue weighted by Crippen LogP contribution is 2.26. The molecule has 9 heteroatoms. The van der Waals surface area contributed by atoms with E-state index in [0.717, 1.165) is 57.5 Å².